The summed E-state index contributed by atoms with van der Waals surface area (Å²) in [4.78, 5) is 9.53. The number of aromatic amines is 1. The quantitative estimate of drug-likeness (QED) is 0.675. The van der Waals surface area contributed by atoms with Crippen molar-refractivity contribution in [3.05, 3.63) is 40.4 Å². The molecular formula is C18H26ClN3O3. The molecule has 0 amide bonds. The number of rotatable bonds is 10. The van der Waals surface area contributed by atoms with Crippen molar-refractivity contribution in [1.29, 1.82) is 0 Å². The van der Waals surface area contributed by atoms with Gasteiger partial charge in [-0.05, 0) is 32.4 Å². The molecule has 138 valence electrons. The van der Waals surface area contributed by atoms with E-state index in [1.165, 1.54) is 0 Å². The van der Waals surface area contributed by atoms with Crippen LogP contribution < -0.4 is 9.47 Å². The molecule has 0 spiro atoms. The molecule has 0 bridgehead atoms. The standard InChI is InChI=1S/C18H26ClN3O3/c1-4-24-17-8-14(16(19)9-18(17)25-5-2)11-22(6-7-23)12-15-10-20-13(3)21-15/h8-10,23H,4-7,11-12H2,1-3H3,(H,20,21). The van der Waals surface area contributed by atoms with Gasteiger partial charge in [0, 0.05) is 42.6 Å². The summed E-state index contributed by atoms with van der Waals surface area (Å²) in [6.45, 7) is 8.71. The van der Waals surface area contributed by atoms with Gasteiger partial charge in [0.15, 0.2) is 11.5 Å². The molecule has 1 heterocycles. The van der Waals surface area contributed by atoms with Crippen molar-refractivity contribution < 1.29 is 14.6 Å². The van der Waals surface area contributed by atoms with Crippen LogP contribution in [0.1, 0.15) is 30.9 Å². The highest BCUT2D eigenvalue weighted by Gasteiger charge is 2.15. The van der Waals surface area contributed by atoms with Crippen molar-refractivity contribution in [2.45, 2.75) is 33.9 Å². The van der Waals surface area contributed by atoms with Crippen molar-refractivity contribution in [3.63, 3.8) is 0 Å². The van der Waals surface area contributed by atoms with E-state index in [-0.39, 0.29) is 6.61 Å². The summed E-state index contributed by atoms with van der Waals surface area (Å²) >= 11 is 6.44. The molecule has 0 saturated carbocycles. The number of aliphatic hydroxyl groups excluding tert-OH is 1. The van der Waals surface area contributed by atoms with Gasteiger partial charge < -0.3 is 19.6 Å². The summed E-state index contributed by atoms with van der Waals surface area (Å²) in [7, 11) is 0. The van der Waals surface area contributed by atoms with Crippen molar-refractivity contribution in [2.75, 3.05) is 26.4 Å². The summed E-state index contributed by atoms with van der Waals surface area (Å²) in [5.74, 6) is 2.21. The highest BCUT2D eigenvalue weighted by Crippen LogP contribution is 2.34. The van der Waals surface area contributed by atoms with Crippen molar-refractivity contribution in [2.24, 2.45) is 0 Å². The molecule has 0 unspecified atom stereocenters. The average molecular weight is 368 g/mol. The van der Waals surface area contributed by atoms with Gasteiger partial charge in [-0.15, -0.1) is 0 Å². The highest BCUT2D eigenvalue weighted by atomic mass is 35.5. The predicted octanol–water partition coefficient (Wildman–Crippen LogP) is 3.16. The maximum Gasteiger partial charge on any atom is 0.162 e. The van der Waals surface area contributed by atoms with Crippen molar-refractivity contribution in [1.82, 2.24) is 14.9 Å². The van der Waals surface area contributed by atoms with E-state index < -0.39 is 0 Å². The van der Waals surface area contributed by atoms with Gasteiger partial charge in [0.25, 0.3) is 0 Å². The first-order chi connectivity index (χ1) is 12.1. The summed E-state index contributed by atoms with van der Waals surface area (Å²) in [6.07, 6.45) is 1.81. The molecule has 0 aliphatic heterocycles. The van der Waals surface area contributed by atoms with Gasteiger partial charge in [-0.3, -0.25) is 4.90 Å². The van der Waals surface area contributed by atoms with Crippen LogP contribution in [0.2, 0.25) is 5.02 Å². The van der Waals surface area contributed by atoms with Gasteiger partial charge in [0.2, 0.25) is 0 Å². The molecule has 25 heavy (non-hydrogen) atoms. The van der Waals surface area contributed by atoms with Crippen LogP contribution in [0.3, 0.4) is 0 Å². The van der Waals surface area contributed by atoms with Crippen LogP contribution in [0.15, 0.2) is 18.3 Å². The smallest absolute Gasteiger partial charge is 0.162 e. The van der Waals surface area contributed by atoms with Gasteiger partial charge >= 0.3 is 0 Å². The Bertz CT molecular complexity index is 676. The SMILES string of the molecule is CCOc1cc(Cl)c(CN(CCO)Cc2cnc(C)[nH]2)cc1OCC. The summed E-state index contributed by atoms with van der Waals surface area (Å²) in [6, 6.07) is 3.71. The number of nitrogens with zero attached hydrogens (tertiary/aromatic N) is 2. The monoisotopic (exact) mass is 367 g/mol. The fraction of sp³-hybridized carbons (Fsp3) is 0.500. The Balaban J connectivity index is 2.20. The molecule has 1 aromatic carbocycles. The Hall–Kier alpha value is -1.76. The van der Waals surface area contributed by atoms with Crippen LogP contribution in [0.25, 0.3) is 0 Å². The minimum atomic E-state index is 0.0695. The van der Waals surface area contributed by atoms with E-state index >= 15 is 0 Å². The lowest BCUT2D eigenvalue weighted by atomic mass is 10.1. The van der Waals surface area contributed by atoms with E-state index in [4.69, 9.17) is 21.1 Å². The number of imidazole rings is 1. The minimum absolute atomic E-state index is 0.0695. The molecule has 0 radical (unpaired) electrons. The molecule has 1 aromatic heterocycles. The molecule has 2 aromatic rings. The summed E-state index contributed by atoms with van der Waals surface area (Å²) in [5, 5.41) is 10.00. The number of aryl methyl sites for hydroxylation is 1. The van der Waals surface area contributed by atoms with Crippen molar-refractivity contribution in [3.8, 4) is 11.5 Å². The van der Waals surface area contributed by atoms with E-state index in [9.17, 15) is 5.11 Å². The maximum atomic E-state index is 9.37. The second kappa shape index (κ2) is 9.65. The Morgan fingerprint density at radius 3 is 2.40 bits per heavy atom. The van der Waals surface area contributed by atoms with Crippen LogP contribution in [-0.2, 0) is 13.1 Å². The van der Waals surface area contributed by atoms with Crippen LogP contribution >= 0.6 is 11.6 Å². The van der Waals surface area contributed by atoms with Crippen LogP contribution in [0.5, 0.6) is 11.5 Å². The van der Waals surface area contributed by atoms with Crippen molar-refractivity contribution >= 4 is 11.6 Å². The zero-order valence-electron chi connectivity index (χ0n) is 15.0. The third kappa shape index (κ3) is 5.63. The molecule has 0 saturated heterocycles. The maximum absolute atomic E-state index is 9.37. The van der Waals surface area contributed by atoms with Gasteiger partial charge in [-0.2, -0.15) is 0 Å². The first kappa shape index (κ1) is 19.6. The Labute approximate surface area is 153 Å². The first-order valence-corrected chi connectivity index (χ1v) is 8.86. The second-order valence-corrected chi connectivity index (χ2v) is 6.09. The molecule has 0 aliphatic carbocycles. The molecule has 2 rings (SSSR count). The van der Waals surface area contributed by atoms with Crippen LogP contribution in [0, 0.1) is 6.92 Å². The number of aromatic nitrogens is 2. The van der Waals surface area contributed by atoms with Crippen LogP contribution in [-0.4, -0.2) is 46.3 Å². The molecule has 0 atom stereocenters. The number of hydrogen-bond acceptors (Lipinski definition) is 5. The third-order valence-corrected chi connectivity index (χ3v) is 4.02. The Morgan fingerprint density at radius 2 is 1.84 bits per heavy atom. The molecule has 2 N–H and O–H groups in total. The Kier molecular flexibility index (Phi) is 7.55. The minimum Gasteiger partial charge on any atom is -0.490 e. The van der Waals surface area contributed by atoms with Gasteiger partial charge in [0.05, 0.1) is 19.8 Å². The number of halogens is 1. The fourth-order valence-corrected chi connectivity index (χ4v) is 2.84. The van der Waals surface area contributed by atoms with Gasteiger partial charge in [-0.1, -0.05) is 11.6 Å². The largest absolute Gasteiger partial charge is 0.490 e. The van der Waals surface area contributed by atoms with E-state index in [1.54, 1.807) is 6.07 Å². The Morgan fingerprint density at radius 1 is 1.16 bits per heavy atom. The molecule has 0 fully saturated rings. The number of ether oxygens (including phenoxy) is 2. The zero-order valence-corrected chi connectivity index (χ0v) is 15.8. The lowest BCUT2D eigenvalue weighted by molar-refractivity contribution is 0.183. The number of H-pyrrole nitrogens is 1. The topological polar surface area (TPSA) is 70.6 Å². The average Bonchev–Trinajstić information content (AvgIpc) is 2.97. The summed E-state index contributed by atoms with van der Waals surface area (Å²) in [5.41, 5.74) is 1.93. The number of hydrogen-bond donors (Lipinski definition) is 2. The van der Waals surface area contributed by atoms with Crippen LogP contribution in [0.4, 0.5) is 0 Å². The lowest BCUT2D eigenvalue weighted by Crippen LogP contribution is -2.26. The fourth-order valence-electron chi connectivity index (χ4n) is 2.62. The highest BCUT2D eigenvalue weighted by molar-refractivity contribution is 6.31. The third-order valence-electron chi connectivity index (χ3n) is 3.67. The number of aliphatic hydroxyl groups is 1. The lowest BCUT2D eigenvalue weighted by Gasteiger charge is -2.22. The zero-order chi connectivity index (χ0) is 18.2. The second-order valence-electron chi connectivity index (χ2n) is 5.68. The van der Waals surface area contributed by atoms with E-state index in [2.05, 4.69) is 14.9 Å². The molecular weight excluding hydrogens is 342 g/mol. The molecule has 0 aliphatic rings. The van der Waals surface area contributed by atoms with E-state index in [0.717, 1.165) is 17.1 Å². The predicted molar refractivity (Wildman–Crippen MR) is 98.3 cm³/mol. The number of nitrogens with one attached hydrogen (secondary N) is 1. The number of benzene rings is 1. The molecule has 7 heteroatoms. The normalized spacial score (nSPS) is 11.1. The van der Waals surface area contributed by atoms with E-state index in [1.807, 2.05) is 33.0 Å². The summed E-state index contributed by atoms with van der Waals surface area (Å²) < 4.78 is 11.3. The van der Waals surface area contributed by atoms with Gasteiger partial charge in [-0.25, -0.2) is 4.98 Å². The molecule has 6 nitrogen and oxygen atoms in total. The van der Waals surface area contributed by atoms with E-state index in [0.29, 0.717) is 49.4 Å². The first-order valence-electron chi connectivity index (χ1n) is 8.49. The van der Waals surface area contributed by atoms with Gasteiger partial charge in [0.1, 0.15) is 5.82 Å².